The molecule has 0 radical (unpaired) electrons. The molecule has 0 N–H and O–H groups in total. The van der Waals surface area contributed by atoms with Crippen LogP contribution < -0.4 is 0 Å². The molecule has 3 heteroatoms. The van der Waals surface area contributed by atoms with Gasteiger partial charge in [0.25, 0.3) is 0 Å². The average molecular weight is 195 g/mol. The summed E-state index contributed by atoms with van der Waals surface area (Å²) in [5.74, 6) is 0. The largest absolute Gasteiger partial charge is 0.249 e. The Kier molecular flexibility index (Phi) is 5.14. The van der Waals surface area contributed by atoms with E-state index >= 15 is 0 Å². The number of halogens is 3. The Morgan fingerprint density at radius 1 is 1.33 bits per heavy atom. The molecule has 0 atom stereocenters. The Balaban J connectivity index is 4.20. The van der Waals surface area contributed by atoms with Crippen LogP contribution in [0.4, 0.5) is 8.78 Å². The smallest absolute Gasteiger partial charge is 0.119 e. The average Bonchev–Trinajstić information content (AvgIpc) is 2.03. The van der Waals surface area contributed by atoms with E-state index in [9.17, 15) is 8.78 Å². The summed E-state index contributed by atoms with van der Waals surface area (Å²) in [6, 6.07) is 0. The molecule has 0 rings (SSSR count). The molecule has 0 aliphatic carbocycles. The molecule has 0 saturated heterocycles. The van der Waals surface area contributed by atoms with Crippen molar-refractivity contribution in [3.8, 4) is 0 Å². The maximum atomic E-state index is 12.1. The van der Waals surface area contributed by atoms with Gasteiger partial charge in [0.1, 0.15) is 18.2 Å². The van der Waals surface area contributed by atoms with Crippen LogP contribution in [-0.4, -0.2) is 18.2 Å². The molecule has 0 unspecified atom stereocenters. The van der Waals surface area contributed by atoms with Gasteiger partial charge in [0.05, 0.1) is 0 Å². The van der Waals surface area contributed by atoms with Crippen molar-refractivity contribution in [3.05, 3.63) is 23.8 Å². The van der Waals surface area contributed by atoms with Crippen molar-refractivity contribution in [2.75, 3.05) is 13.3 Å². The van der Waals surface area contributed by atoms with E-state index in [0.717, 1.165) is 5.57 Å². The second-order valence-corrected chi connectivity index (χ2v) is 3.66. The van der Waals surface area contributed by atoms with Gasteiger partial charge < -0.3 is 0 Å². The highest BCUT2D eigenvalue weighted by atomic mass is 35.5. The highest BCUT2D eigenvalue weighted by Gasteiger charge is 2.23. The molecule has 0 aromatic carbocycles. The van der Waals surface area contributed by atoms with E-state index in [4.69, 9.17) is 11.6 Å². The highest BCUT2D eigenvalue weighted by molar-refractivity contribution is 6.25. The lowest BCUT2D eigenvalue weighted by Gasteiger charge is -2.13. The van der Waals surface area contributed by atoms with Gasteiger partial charge >= 0.3 is 0 Å². The monoisotopic (exact) mass is 194 g/mol. The molecule has 0 amide bonds. The van der Waals surface area contributed by atoms with Crippen LogP contribution in [0.5, 0.6) is 0 Å². The third-order valence-electron chi connectivity index (χ3n) is 1.27. The molecule has 0 aromatic rings. The van der Waals surface area contributed by atoms with E-state index in [0.29, 0.717) is 0 Å². The quantitative estimate of drug-likeness (QED) is 0.475. The topological polar surface area (TPSA) is 0 Å². The normalized spacial score (nSPS) is 12.1. The summed E-state index contributed by atoms with van der Waals surface area (Å²) in [6.45, 7) is 2.01. The van der Waals surface area contributed by atoms with Gasteiger partial charge in [0, 0.05) is 0 Å². The lowest BCUT2D eigenvalue weighted by molar-refractivity contribution is 0.354. The van der Waals surface area contributed by atoms with Crippen molar-refractivity contribution in [1.82, 2.24) is 0 Å². The van der Waals surface area contributed by atoms with E-state index < -0.39 is 18.2 Å². The molecule has 70 valence electrons. The van der Waals surface area contributed by atoms with Crippen LogP contribution in [-0.2, 0) is 0 Å². The van der Waals surface area contributed by atoms with Gasteiger partial charge in [-0.2, -0.15) is 0 Å². The molecule has 12 heavy (non-hydrogen) atoms. The second kappa shape index (κ2) is 5.31. The van der Waals surface area contributed by atoms with Crippen LogP contribution in [0.1, 0.15) is 13.8 Å². The zero-order valence-electron chi connectivity index (χ0n) is 7.28. The first-order valence-corrected chi connectivity index (χ1v) is 4.05. The first-order valence-electron chi connectivity index (χ1n) is 3.67. The summed E-state index contributed by atoms with van der Waals surface area (Å²) in [6.07, 6.45) is 4.66. The summed E-state index contributed by atoms with van der Waals surface area (Å²) in [4.78, 5) is -1.47. The SMILES string of the molecule is CC(C)=CC=CC(Cl)(CF)CF. The first kappa shape index (κ1) is 11.6. The van der Waals surface area contributed by atoms with E-state index in [1.807, 2.05) is 13.8 Å². The number of hydrogen-bond acceptors (Lipinski definition) is 0. The summed E-state index contributed by atoms with van der Waals surface area (Å²) in [7, 11) is 0. The number of allylic oxidation sites excluding steroid dienone is 4. The highest BCUT2D eigenvalue weighted by Crippen LogP contribution is 2.18. The second-order valence-electron chi connectivity index (χ2n) is 2.91. The zero-order valence-corrected chi connectivity index (χ0v) is 8.04. The molecule has 0 aliphatic rings. The van der Waals surface area contributed by atoms with Crippen LogP contribution in [0.25, 0.3) is 0 Å². The summed E-state index contributed by atoms with van der Waals surface area (Å²) in [5.41, 5.74) is 1.06. The summed E-state index contributed by atoms with van der Waals surface area (Å²) < 4.78 is 24.2. The molecule has 0 fully saturated rings. The number of rotatable bonds is 4. The molecule has 0 aromatic heterocycles. The van der Waals surface area contributed by atoms with E-state index in [1.54, 1.807) is 12.2 Å². The van der Waals surface area contributed by atoms with Gasteiger partial charge in [0.2, 0.25) is 0 Å². The lowest BCUT2D eigenvalue weighted by Crippen LogP contribution is -2.23. The van der Waals surface area contributed by atoms with Gasteiger partial charge in [-0.15, -0.1) is 11.6 Å². The number of alkyl halides is 3. The standard InChI is InChI=1S/C9H13ClF2/c1-8(2)4-3-5-9(10,6-11)7-12/h3-5H,6-7H2,1-2H3. The Morgan fingerprint density at radius 3 is 2.17 bits per heavy atom. The molecule has 0 saturated carbocycles. The molecular formula is C9H13ClF2. The van der Waals surface area contributed by atoms with E-state index in [-0.39, 0.29) is 0 Å². The third kappa shape index (κ3) is 4.50. The maximum Gasteiger partial charge on any atom is 0.119 e. The van der Waals surface area contributed by atoms with Crippen LogP contribution in [0, 0.1) is 0 Å². The fraction of sp³-hybridized carbons (Fsp3) is 0.556. The minimum absolute atomic E-state index is 0.891. The van der Waals surface area contributed by atoms with Gasteiger partial charge in [-0.1, -0.05) is 23.8 Å². The summed E-state index contributed by atoms with van der Waals surface area (Å²) in [5, 5.41) is 0. The fourth-order valence-electron chi connectivity index (χ4n) is 0.538. The molecule has 0 nitrogen and oxygen atoms in total. The van der Waals surface area contributed by atoms with Crippen molar-refractivity contribution in [2.45, 2.75) is 18.7 Å². The molecule has 0 bridgehead atoms. The molecular weight excluding hydrogens is 182 g/mol. The number of hydrogen-bond donors (Lipinski definition) is 0. The minimum Gasteiger partial charge on any atom is -0.249 e. The van der Waals surface area contributed by atoms with Gasteiger partial charge in [-0.25, -0.2) is 8.78 Å². The molecule has 0 heterocycles. The maximum absolute atomic E-state index is 12.1. The first-order chi connectivity index (χ1) is 5.54. The van der Waals surface area contributed by atoms with Gasteiger partial charge in [-0.05, 0) is 13.8 Å². The Hall–Kier alpha value is -0.370. The van der Waals surface area contributed by atoms with Crippen molar-refractivity contribution >= 4 is 11.6 Å². The minimum atomic E-state index is -1.47. The van der Waals surface area contributed by atoms with Crippen LogP contribution >= 0.6 is 11.6 Å². The molecule has 0 spiro atoms. The third-order valence-corrected chi connectivity index (χ3v) is 1.60. The summed E-state index contributed by atoms with van der Waals surface area (Å²) >= 11 is 5.53. The van der Waals surface area contributed by atoms with Crippen LogP contribution in [0.15, 0.2) is 23.8 Å². The van der Waals surface area contributed by atoms with Crippen molar-refractivity contribution in [2.24, 2.45) is 0 Å². The predicted molar refractivity (Wildman–Crippen MR) is 49.1 cm³/mol. The van der Waals surface area contributed by atoms with Crippen LogP contribution in [0.2, 0.25) is 0 Å². The van der Waals surface area contributed by atoms with Crippen molar-refractivity contribution in [1.29, 1.82) is 0 Å². The van der Waals surface area contributed by atoms with Crippen molar-refractivity contribution in [3.63, 3.8) is 0 Å². The fourth-order valence-corrected chi connectivity index (χ4v) is 0.611. The zero-order chi connectivity index (χ0) is 9.61. The Bertz CT molecular complexity index is 177. The lowest BCUT2D eigenvalue weighted by atomic mass is 10.1. The van der Waals surface area contributed by atoms with Gasteiger partial charge in [0.15, 0.2) is 0 Å². The van der Waals surface area contributed by atoms with E-state index in [2.05, 4.69) is 0 Å². The van der Waals surface area contributed by atoms with Crippen LogP contribution in [0.3, 0.4) is 0 Å². The Morgan fingerprint density at radius 2 is 1.83 bits per heavy atom. The van der Waals surface area contributed by atoms with Gasteiger partial charge in [-0.3, -0.25) is 0 Å². The van der Waals surface area contributed by atoms with Crippen molar-refractivity contribution < 1.29 is 8.78 Å². The predicted octanol–water partition coefficient (Wildman–Crippen LogP) is 3.43. The Labute approximate surface area is 76.9 Å². The van der Waals surface area contributed by atoms with E-state index in [1.165, 1.54) is 6.08 Å². The molecule has 0 aliphatic heterocycles.